The van der Waals surface area contributed by atoms with Gasteiger partial charge in [0.15, 0.2) is 0 Å². The molecule has 2 nitrogen and oxygen atoms in total. The van der Waals surface area contributed by atoms with Crippen LogP contribution >= 0.6 is 0 Å². The van der Waals surface area contributed by atoms with Gasteiger partial charge in [-0.2, -0.15) is 0 Å². The topological polar surface area (TPSA) is 18.5 Å². The summed E-state index contributed by atoms with van der Waals surface area (Å²) < 4.78 is 11.8. The van der Waals surface area contributed by atoms with E-state index in [-0.39, 0.29) is 18.3 Å². The average Bonchev–Trinajstić information content (AvgIpc) is 2.50. The molecule has 1 aliphatic rings. The summed E-state index contributed by atoms with van der Waals surface area (Å²) in [5.41, 5.74) is 2.08. The second-order valence-corrected chi connectivity index (χ2v) is 6.24. The fraction of sp³-hybridized carbons (Fsp3) is 0.500. The van der Waals surface area contributed by atoms with Gasteiger partial charge in [-0.25, -0.2) is 0 Å². The fourth-order valence-electron chi connectivity index (χ4n) is 2.01. The number of aryl methyl sites for hydroxylation is 1. The summed E-state index contributed by atoms with van der Waals surface area (Å²) in [5, 5.41) is 0. The Bertz CT molecular complexity index is 444. The Balaban J connectivity index is 1.92. The lowest BCUT2D eigenvalue weighted by molar-refractivity contribution is 0.00578. The highest BCUT2D eigenvalue weighted by Gasteiger charge is 2.49. The van der Waals surface area contributed by atoms with Crippen LogP contribution in [0.5, 0.6) is 0 Å². The summed E-state index contributed by atoms with van der Waals surface area (Å²) in [4.78, 5) is 0. The van der Waals surface area contributed by atoms with Gasteiger partial charge >= 0.3 is 7.12 Å². The first-order chi connectivity index (χ1) is 8.80. The predicted molar refractivity (Wildman–Crippen MR) is 80.1 cm³/mol. The molecular formula is C16H23BO2. The van der Waals surface area contributed by atoms with Crippen LogP contribution in [-0.2, 0) is 15.7 Å². The van der Waals surface area contributed by atoms with E-state index >= 15 is 0 Å². The Morgan fingerprint density at radius 2 is 1.53 bits per heavy atom. The Labute approximate surface area is 117 Å². The third kappa shape index (κ3) is 3.28. The van der Waals surface area contributed by atoms with Gasteiger partial charge in [0, 0.05) is 0 Å². The molecule has 2 rings (SSSR count). The third-order valence-electron chi connectivity index (χ3n) is 4.04. The second-order valence-electron chi connectivity index (χ2n) is 6.24. The lowest BCUT2D eigenvalue weighted by Gasteiger charge is -2.32. The van der Waals surface area contributed by atoms with Crippen molar-refractivity contribution in [3.05, 3.63) is 47.4 Å². The molecule has 0 aliphatic carbocycles. The minimum Gasteiger partial charge on any atom is -0.400 e. The van der Waals surface area contributed by atoms with Gasteiger partial charge in [0.05, 0.1) is 11.2 Å². The zero-order valence-corrected chi connectivity index (χ0v) is 12.6. The SMILES string of the molecule is Cc1ccc(C/C=C/B2OC(C)(C)C(C)(C)O2)cc1. The number of benzene rings is 1. The molecule has 0 radical (unpaired) electrons. The number of allylic oxidation sites excluding steroid dienone is 1. The van der Waals surface area contributed by atoms with E-state index in [1.165, 1.54) is 11.1 Å². The van der Waals surface area contributed by atoms with Crippen molar-refractivity contribution in [2.75, 3.05) is 0 Å². The average molecular weight is 258 g/mol. The molecule has 1 aliphatic heterocycles. The van der Waals surface area contributed by atoms with Crippen LogP contribution in [0, 0.1) is 6.92 Å². The van der Waals surface area contributed by atoms with Crippen molar-refractivity contribution in [2.24, 2.45) is 0 Å². The van der Waals surface area contributed by atoms with Crippen LogP contribution in [0.15, 0.2) is 36.3 Å². The number of rotatable bonds is 3. The summed E-state index contributed by atoms with van der Waals surface area (Å²) in [6.45, 7) is 10.4. The summed E-state index contributed by atoms with van der Waals surface area (Å²) in [5.74, 6) is 2.01. The highest BCUT2D eigenvalue weighted by molar-refractivity contribution is 6.51. The molecule has 0 unspecified atom stereocenters. The van der Waals surface area contributed by atoms with Gasteiger partial charge in [0.25, 0.3) is 0 Å². The monoisotopic (exact) mass is 258 g/mol. The maximum absolute atomic E-state index is 5.91. The predicted octanol–water partition coefficient (Wildman–Crippen LogP) is 3.73. The summed E-state index contributed by atoms with van der Waals surface area (Å²) in [6.07, 6.45) is 3.02. The lowest BCUT2D eigenvalue weighted by Crippen LogP contribution is -2.41. The van der Waals surface area contributed by atoms with E-state index < -0.39 is 0 Å². The zero-order chi connectivity index (χ0) is 14.1. The summed E-state index contributed by atoms with van der Waals surface area (Å²) in [6, 6.07) is 8.59. The molecule has 3 heteroatoms. The maximum atomic E-state index is 5.91. The molecule has 1 heterocycles. The minimum absolute atomic E-state index is 0.240. The van der Waals surface area contributed by atoms with Crippen molar-refractivity contribution < 1.29 is 9.31 Å². The van der Waals surface area contributed by atoms with E-state index in [0.29, 0.717) is 0 Å². The molecule has 19 heavy (non-hydrogen) atoms. The van der Waals surface area contributed by atoms with Gasteiger partial charge in [0.1, 0.15) is 0 Å². The quantitative estimate of drug-likeness (QED) is 0.769. The first-order valence-corrected chi connectivity index (χ1v) is 6.88. The summed E-state index contributed by atoms with van der Waals surface area (Å²) >= 11 is 0. The first-order valence-electron chi connectivity index (χ1n) is 6.88. The maximum Gasteiger partial charge on any atom is 0.486 e. The van der Waals surface area contributed by atoms with Crippen LogP contribution in [0.2, 0.25) is 0 Å². The summed E-state index contributed by atoms with van der Waals surface area (Å²) in [7, 11) is -0.240. The van der Waals surface area contributed by atoms with Gasteiger partial charge in [-0.05, 0) is 46.6 Å². The highest BCUT2D eigenvalue weighted by Crippen LogP contribution is 2.36. The van der Waals surface area contributed by atoms with Crippen LogP contribution in [0.25, 0.3) is 0 Å². The second kappa shape index (κ2) is 5.14. The molecule has 102 valence electrons. The molecule has 1 aromatic rings. The minimum atomic E-state index is -0.258. The van der Waals surface area contributed by atoms with Crippen molar-refractivity contribution >= 4 is 7.12 Å². The van der Waals surface area contributed by atoms with Crippen molar-refractivity contribution in [1.29, 1.82) is 0 Å². The van der Waals surface area contributed by atoms with Crippen LogP contribution in [-0.4, -0.2) is 18.3 Å². The van der Waals surface area contributed by atoms with Crippen molar-refractivity contribution in [2.45, 2.75) is 52.2 Å². The molecule has 1 fully saturated rings. The molecule has 0 amide bonds. The van der Waals surface area contributed by atoms with Gasteiger partial charge in [-0.15, -0.1) is 0 Å². The zero-order valence-electron chi connectivity index (χ0n) is 12.6. The molecule has 0 aromatic heterocycles. The number of hydrogen-bond acceptors (Lipinski definition) is 2. The normalized spacial score (nSPS) is 21.2. The molecule has 0 spiro atoms. The van der Waals surface area contributed by atoms with Crippen LogP contribution in [0.1, 0.15) is 38.8 Å². The van der Waals surface area contributed by atoms with E-state index in [1.54, 1.807) is 0 Å². The molecule has 0 bridgehead atoms. The standard InChI is InChI=1S/C16H23BO2/c1-13-8-10-14(11-9-13)7-6-12-17-18-15(2,3)16(4,5)19-17/h6,8-12H,7H2,1-5H3/b12-6+. The van der Waals surface area contributed by atoms with E-state index in [1.807, 2.05) is 5.98 Å². The van der Waals surface area contributed by atoms with Crippen LogP contribution in [0.4, 0.5) is 0 Å². The molecule has 0 N–H and O–H groups in total. The molecule has 0 atom stereocenters. The van der Waals surface area contributed by atoms with Gasteiger partial charge in [0.2, 0.25) is 0 Å². The number of hydrogen-bond donors (Lipinski definition) is 0. The van der Waals surface area contributed by atoms with Gasteiger partial charge < -0.3 is 9.31 Å². The van der Waals surface area contributed by atoms with E-state index in [0.717, 1.165) is 6.42 Å². The van der Waals surface area contributed by atoms with Crippen LogP contribution < -0.4 is 0 Å². The highest BCUT2D eigenvalue weighted by atomic mass is 16.7. The Kier molecular flexibility index (Phi) is 3.89. The lowest BCUT2D eigenvalue weighted by atomic mass is 9.89. The van der Waals surface area contributed by atoms with Gasteiger partial charge in [-0.1, -0.05) is 41.9 Å². The van der Waals surface area contributed by atoms with Gasteiger partial charge in [-0.3, -0.25) is 0 Å². The molecule has 1 saturated heterocycles. The van der Waals surface area contributed by atoms with Crippen molar-refractivity contribution in [3.63, 3.8) is 0 Å². The third-order valence-corrected chi connectivity index (χ3v) is 4.04. The van der Waals surface area contributed by atoms with Crippen LogP contribution in [0.3, 0.4) is 0 Å². The Hall–Kier alpha value is -1.06. The van der Waals surface area contributed by atoms with E-state index in [2.05, 4.69) is 65.0 Å². The largest absolute Gasteiger partial charge is 0.486 e. The first kappa shape index (κ1) is 14.4. The molecule has 0 saturated carbocycles. The molecule has 1 aromatic carbocycles. The van der Waals surface area contributed by atoms with Crippen molar-refractivity contribution in [1.82, 2.24) is 0 Å². The smallest absolute Gasteiger partial charge is 0.400 e. The Morgan fingerprint density at radius 1 is 1.00 bits per heavy atom. The molecular weight excluding hydrogens is 235 g/mol. The van der Waals surface area contributed by atoms with Crippen molar-refractivity contribution in [3.8, 4) is 0 Å². The fourth-order valence-corrected chi connectivity index (χ4v) is 2.01. The van der Waals surface area contributed by atoms with E-state index in [9.17, 15) is 0 Å². The van der Waals surface area contributed by atoms with E-state index in [4.69, 9.17) is 9.31 Å². The Morgan fingerprint density at radius 3 is 2.05 bits per heavy atom.